The Balaban J connectivity index is 1.82. The highest BCUT2D eigenvalue weighted by Gasteiger charge is 2.23. The fraction of sp³-hybridized carbons (Fsp3) is 0.438. The molecule has 2 N–H and O–H groups in total. The van der Waals surface area contributed by atoms with Crippen LogP contribution in [0.5, 0.6) is 0 Å². The molecule has 0 radical (unpaired) electrons. The van der Waals surface area contributed by atoms with Gasteiger partial charge >= 0.3 is 0 Å². The number of benzene rings is 1. The minimum Gasteiger partial charge on any atom is -0.383 e. The molecule has 1 fully saturated rings. The summed E-state index contributed by atoms with van der Waals surface area (Å²) in [5.41, 5.74) is 9.68. The molecular weight excluding hydrogens is 234 g/mol. The van der Waals surface area contributed by atoms with Gasteiger partial charge in [0.05, 0.1) is 6.33 Å². The molecule has 0 spiro atoms. The molecule has 2 aromatic rings. The molecule has 0 unspecified atom stereocenters. The average Bonchev–Trinajstić information content (AvgIpc) is 3.22. The van der Waals surface area contributed by atoms with Crippen molar-refractivity contribution in [2.24, 2.45) is 0 Å². The van der Waals surface area contributed by atoms with E-state index in [1.54, 1.807) is 0 Å². The van der Waals surface area contributed by atoms with Crippen molar-refractivity contribution >= 4 is 5.82 Å². The number of aryl methyl sites for hydroxylation is 1. The lowest BCUT2D eigenvalue weighted by Crippen LogP contribution is -2.02. The Kier molecular flexibility index (Phi) is 3.28. The van der Waals surface area contributed by atoms with Crippen molar-refractivity contribution in [1.82, 2.24) is 9.55 Å². The summed E-state index contributed by atoms with van der Waals surface area (Å²) in [4.78, 5) is 4.47. The summed E-state index contributed by atoms with van der Waals surface area (Å²) in [6.07, 6.45) is 6.85. The minimum absolute atomic E-state index is 0.785. The maximum absolute atomic E-state index is 6.19. The van der Waals surface area contributed by atoms with Crippen molar-refractivity contribution in [1.29, 1.82) is 0 Å². The molecule has 1 aromatic heterocycles. The van der Waals surface area contributed by atoms with Gasteiger partial charge in [0.25, 0.3) is 0 Å². The standard InChI is InChI=1S/C16H21N3/c1-2-3-10-19-11-18-15(16(19)17)14-8-6-13(7-9-14)12-4-5-12/h6-9,11-12H,2-5,10,17H2,1H3. The Bertz CT molecular complexity index is 550. The van der Waals surface area contributed by atoms with Crippen LogP contribution in [0, 0.1) is 0 Å². The molecule has 1 heterocycles. The molecular formula is C16H21N3. The van der Waals surface area contributed by atoms with Gasteiger partial charge in [-0.25, -0.2) is 4.98 Å². The van der Waals surface area contributed by atoms with Crippen LogP contribution in [0.15, 0.2) is 30.6 Å². The molecule has 19 heavy (non-hydrogen) atoms. The normalized spacial score (nSPS) is 14.8. The molecule has 0 bridgehead atoms. The van der Waals surface area contributed by atoms with Gasteiger partial charge in [0, 0.05) is 12.1 Å². The summed E-state index contributed by atoms with van der Waals surface area (Å²) in [5, 5.41) is 0. The first-order valence-electron chi connectivity index (χ1n) is 7.20. The monoisotopic (exact) mass is 255 g/mol. The van der Waals surface area contributed by atoms with Crippen LogP contribution < -0.4 is 5.73 Å². The Hall–Kier alpha value is -1.77. The maximum Gasteiger partial charge on any atom is 0.131 e. The number of nitrogens with two attached hydrogens (primary N) is 1. The van der Waals surface area contributed by atoms with Gasteiger partial charge in [0.2, 0.25) is 0 Å². The lowest BCUT2D eigenvalue weighted by atomic mass is 10.1. The fourth-order valence-electron chi connectivity index (χ4n) is 2.45. The molecule has 0 amide bonds. The second kappa shape index (κ2) is 5.08. The van der Waals surface area contributed by atoms with Crippen LogP contribution in [0.25, 0.3) is 11.3 Å². The van der Waals surface area contributed by atoms with Crippen LogP contribution in [-0.2, 0) is 6.54 Å². The van der Waals surface area contributed by atoms with Gasteiger partial charge in [0.15, 0.2) is 0 Å². The molecule has 3 rings (SSSR count). The zero-order valence-electron chi connectivity index (χ0n) is 11.5. The van der Waals surface area contributed by atoms with Gasteiger partial charge in [0.1, 0.15) is 11.5 Å². The van der Waals surface area contributed by atoms with Gasteiger partial charge in [-0.1, -0.05) is 37.6 Å². The van der Waals surface area contributed by atoms with Crippen molar-refractivity contribution in [2.75, 3.05) is 5.73 Å². The maximum atomic E-state index is 6.19. The predicted molar refractivity (Wildman–Crippen MR) is 79.0 cm³/mol. The molecule has 3 heteroatoms. The summed E-state index contributed by atoms with van der Waals surface area (Å²) in [6.45, 7) is 3.14. The van der Waals surface area contributed by atoms with Crippen LogP contribution in [0.3, 0.4) is 0 Å². The van der Waals surface area contributed by atoms with Crippen LogP contribution >= 0.6 is 0 Å². The molecule has 0 aliphatic heterocycles. The molecule has 0 saturated heterocycles. The number of anilines is 1. The zero-order chi connectivity index (χ0) is 13.2. The van der Waals surface area contributed by atoms with Crippen molar-refractivity contribution in [3.63, 3.8) is 0 Å². The third-order valence-electron chi connectivity index (χ3n) is 3.86. The SMILES string of the molecule is CCCCn1cnc(-c2ccc(C3CC3)cc2)c1N. The highest BCUT2D eigenvalue weighted by molar-refractivity contribution is 5.70. The van der Waals surface area contributed by atoms with E-state index in [0.717, 1.165) is 36.0 Å². The number of rotatable bonds is 5. The van der Waals surface area contributed by atoms with E-state index in [-0.39, 0.29) is 0 Å². The first kappa shape index (κ1) is 12.3. The predicted octanol–water partition coefficient (Wildman–Crippen LogP) is 3.81. The van der Waals surface area contributed by atoms with Gasteiger partial charge in [-0.3, -0.25) is 0 Å². The second-order valence-corrected chi connectivity index (χ2v) is 5.42. The van der Waals surface area contributed by atoms with Gasteiger partial charge in [-0.2, -0.15) is 0 Å². The van der Waals surface area contributed by atoms with Gasteiger partial charge in [-0.05, 0) is 30.7 Å². The van der Waals surface area contributed by atoms with Crippen molar-refractivity contribution in [2.45, 2.75) is 45.1 Å². The average molecular weight is 255 g/mol. The third-order valence-corrected chi connectivity index (χ3v) is 3.86. The van der Waals surface area contributed by atoms with Crippen LogP contribution in [0.1, 0.15) is 44.1 Å². The number of imidazole rings is 1. The number of hydrogen-bond donors (Lipinski definition) is 1. The first-order chi connectivity index (χ1) is 9.29. The number of aromatic nitrogens is 2. The highest BCUT2D eigenvalue weighted by Crippen LogP contribution is 2.40. The third kappa shape index (κ3) is 2.50. The zero-order valence-corrected chi connectivity index (χ0v) is 11.5. The first-order valence-corrected chi connectivity index (χ1v) is 7.20. The van der Waals surface area contributed by atoms with Gasteiger partial charge in [-0.15, -0.1) is 0 Å². The van der Waals surface area contributed by atoms with E-state index in [1.165, 1.54) is 24.8 Å². The summed E-state index contributed by atoms with van der Waals surface area (Å²) in [5.74, 6) is 1.58. The quantitative estimate of drug-likeness (QED) is 0.883. The van der Waals surface area contributed by atoms with Gasteiger partial charge < -0.3 is 10.3 Å². The smallest absolute Gasteiger partial charge is 0.131 e. The Morgan fingerprint density at radius 1 is 1.26 bits per heavy atom. The van der Waals surface area contributed by atoms with E-state index in [2.05, 4.69) is 36.2 Å². The largest absolute Gasteiger partial charge is 0.383 e. The van der Waals surface area contributed by atoms with E-state index in [4.69, 9.17) is 5.73 Å². The number of hydrogen-bond acceptors (Lipinski definition) is 2. The number of nitrogen functional groups attached to an aromatic ring is 1. The molecule has 3 nitrogen and oxygen atoms in total. The van der Waals surface area contributed by atoms with Crippen LogP contribution in [-0.4, -0.2) is 9.55 Å². The van der Waals surface area contributed by atoms with E-state index >= 15 is 0 Å². The fourth-order valence-corrected chi connectivity index (χ4v) is 2.45. The molecule has 1 saturated carbocycles. The van der Waals surface area contributed by atoms with Crippen LogP contribution in [0.4, 0.5) is 5.82 Å². The summed E-state index contributed by atoms with van der Waals surface area (Å²) in [7, 11) is 0. The molecule has 100 valence electrons. The molecule has 0 atom stereocenters. The Morgan fingerprint density at radius 2 is 2.00 bits per heavy atom. The van der Waals surface area contributed by atoms with Crippen LogP contribution in [0.2, 0.25) is 0 Å². The summed E-state index contributed by atoms with van der Waals surface area (Å²) in [6, 6.07) is 8.74. The highest BCUT2D eigenvalue weighted by atomic mass is 15.1. The summed E-state index contributed by atoms with van der Waals surface area (Å²) >= 11 is 0. The summed E-state index contributed by atoms with van der Waals surface area (Å²) < 4.78 is 2.05. The second-order valence-electron chi connectivity index (χ2n) is 5.42. The van der Waals surface area contributed by atoms with Crippen molar-refractivity contribution in [3.8, 4) is 11.3 Å². The lowest BCUT2D eigenvalue weighted by molar-refractivity contribution is 0.637. The topological polar surface area (TPSA) is 43.8 Å². The molecule has 1 aliphatic carbocycles. The number of nitrogens with zero attached hydrogens (tertiary/aromatic N) is 2. The minimum atomic E-state index is 0.785. The molecule has 1 aliphatic rings. The molecule has 1 aromatic carbocycles. The van der Waals surface area contributed by atoms with E-state index < -0.39 is 0 Å². The van der Waals surface area contributed by atoms with E-state index in [0.29, 0.717) is 0 Å². The number of unbranched alkanes of at least 4 members (excludes halogenated alkanes) is 1. The van der Waals surface area contributed by atoms with Crippen molar-refractivity contribution in [3.05, 3.63) is 36.2 Å². The van der Waals surface area contributed by atoms with E-state index in [9.17, 15) is 0 Å². The lowest BCUT2D eigenvalue weighted by Gasteiger charge is -2.05. The Morgan fingerprint density at radius 3 is 2.63 bits per heavy atom. The van der Waals surface area contributed by atoms with Crippen molar-refractivity contribution < 1.29 is 0 Å². The van der Waals surface area contributed by atoms with E-state index in [1.807, 2.05) is 10.9 Å². The Labute approximate surface area is 114 Å².